The fourth-order valence-electron chi connectivity index (χ4n) is 2.66. The van der Waals surface area contributed by atoms with Crippen molar-refractivity contribution in [2.45, 2.75) is 25.8 Å². The lowest BCUT2D eigenvalue weighted by Gasteiger charge is -2.32. The maximum atomic E-state index is 12.4. The van der Waals surface area contributed by atoms with Crippen LogP contribution in [0.15, 0.2) is 24.5 Å². The van der Waals surface area contributed by atoms with Crippen molar-refractivity contribution < 1.29 is 8.42 Å². The normalized spacial score (nSPS) is 19.5. The van der Waals surface area contributed by atoms with Gasteiger partial charge in [0.25, 0.3) is 10.2 Å². The molecular weight excluding hydrogens is 288 g/mol. The highest BCUT2D eigenvalue weighted by atomic mass is 32.2. The minimum atomic E-state index is -3.43. The highest BCUT2D eigenvalue weighted by Crippen LogP contribution is 2.20. The molecule has 6 nitrogen and oxygen atoms in total. The third-order valence-corrected chi connectivity index (χ3v) is 5.63. The molecule has 0 radical (unpaired) electrons. The van der Waals surface area contributed by atoms with E-state index in [9.17, 15) is 8.42 Å². The highest BCUT2D eigenvalue weighted by Gasteiger charge is 2.28. The molecule has 2 N–H and O–H groups in total. The molecule has 0 saturated carbocycles. The standard InChI is InChI=1S/C14H24N4O2S/c1-12(14-3-7-16-8-4-14)17-21(19,20)18-9-5-13(6-10-18)11-15-2/h3-4,7-8,12-13,15,17H,5-6,9-11H2,1-2H3. The van der Waals surface area contributed by atoms with E-state index < -0.39 is 10.2 Å². The van der Waals surface area contributed by atoms with E-state index in [1.54, 1.807) is 16.7 Å². The van der Waals surface area contributed by atoms with Crippen molar-refractivity contribution in [2.24, 2.45) is 5.92 Å². The molecule has 1 saturated heterocycles. The molecule has 0 bridgehead atoms. The maximum absolute atomic E-state index is 12.4. The minimum Gasteiger partial charge on any atom is -0.319 e. The molecule has 0 aromatic carbocycles. The minimum absolute atomic E-state index is 0.256. The molecule has 0 amide bonds. The smallest absolute Gasteiger partial charge is 0.279 e. The van der Waals surface area contributed by atoms with Crippen molar-refractivity contribution in [1.82, 2.24) is 19.3 Å². The molecule has 1 aliphatic rings. The lowest BCUT2D eigenvalue weighted by Crippen LogP contribution is -2.46. The van der Waals surface area contributed by atoms with E-state index in [4.69, 9.17) is 0 Å². The van der Waals surface area contributed by atoms with Crippen LogP contribution in [-0.2, 0) is 10.2 Å². The molecule has 1 unspecified atom stereocenters. The summed E-state index contributed by atoms with van der Waals surface area (Å²) < 4.78 is 29.1. The zero-order valence-corrected chi connectivity index (χ0v) is 13.4. The first-order valence-electron chi connectivity index (χ1n) is 7.35. The van der Waals surface area contributed by atoms with Gasteiger partial charge in [0.1, 0.15) is 0 Å². The van der Waals surface area contributed by atoms with Crippen LogP contribution in [-0.4, -0.2) is 44.4 Å². The van der Waals surface area contributed by atoms with Gasteiger partial charge in [0.2, 0.25) is 0 Å². The van der Waals surface area contributed by atoms with E-state index in [1.165, 1.54) is 0 Å². The highest BCUT2D eigenvalue weighted by molar-refractivity contribution is 7.87. The Morgan fingerprint density at radius 1 is 1.33 bits per heavy atom. The first-order chi connectivity index (χ1) is 10.0. The van der Waals surface area contributed by atoms with E-state index >= 15 is 0 Å². The lowest BCUT2D eigenvalue weighted by molar-refractivity contribution is 0.267. The number of aromatic nitrogens is 1. The number of nitrogens with zero attached hydrogens (tertiary/aromatic N) is 2. The van der Waals surface area contributed by atoms with Crippen LogP contribution in [0, 0.1) is 5.92 Å². The second kappa shape index (κ2) is 7.31. The van der Waals surface area contributed by atoms with Crippen molar-refractivity contribution in [3.63, 3.8) is 0 Å². The molecule has 7 heteroatoms. The molecule has 2 rings (SSSR count). The third kappa shape index (κ3) is 4.47. The summed E-state index contributed by atoms with van der Waals surface area (Å²) in [7, 11) is -1.49. The van der Waals surface area contributed by atoms with Crippen molar-refractivity contribution in [3.8, 4) is 0 Å². The zero-order chi connectivity index (χ0) is 15.3. The average Bonchev–Trinajstić information content (AvgIpc) is 2.48. The summed E-state index contributed by atoms with van der Waals surface area (Å²) in [4.78, 5) is 3.95. The molecule has 1 fully saturated rings. The molecule has 1 aromatic rings. The van der Waals surface area contributed by atoms with Crippen LogP contribution in [0.1, 0.15) is 31.4 Å². The van der Waals surface area contributed by atoms with Crippen molar-refractivity contribution in [2.75, 3.05) is 26.7 Å². The van der Waals surface area contributed by atoms with Crippen LogP contribution in [0.5, 0.6) is 0 Å². The molecule has 1 aromatic heterocycles. The molecule has 0 aliphatic carbocycles. The molecule has 1 atom stereocenters. The summed E-state index contributed by atoms with van der Waals surface area (Å²) >= 11 is 0. The van der Waals surface area contributed by atoms with Gasteiger partial charge in [0, 0.05) is 31.5 Å². The van der Waals surface area contributed by atoms with Gasteiger partial charge in [-0.3, -0.25) is 4.98 Å². The van der Waals surface area contributed by atoms with E-state index in [0.29, 0.717) is 19.0 Å². The second-order valence-electron chi connectivity index (χ2n) is 5.53. The number of pyridine rings is 1. The Morgan fingerprint density at radius 2 is 1.95 bits per heavy atom. The predicted octanol–water partition coefficient (Wildman–Crippen LogP) is 0.908. The number of rotatable bonds is 6. The van der Waals surface area contributed by atoms with E-state index in [0.717, 1.165) is 24.9 Å². The van der Waals surface area contributed by atoms with Gasteiger partial charge in [0.05, 0.1) is 0 Å². The van der Waals surface area contributed by atoms with Gasteiger partial charge in [-0.25, -0.2) is 0 Å². The topological polar surface area (TPSA) is 74.3 Å². The second-order valence-corrected chi connectivity index (χ2v) is 7.23. The van der Waals surface area contributed by atoms with Crippen molar-refractivity contribution in [1.29, 1.82) is 0 Å². The fourth-order valence-corrected chi connectivity index (χ4v) is 4.08. The number of hydrogen-bond acceptors (Lipinski definition) is 4. The average molecular weight is 312 g/mol. The van der Waals surface area contributed by atoms with Gasteiger partial charge < -0.3 is 5.32 Å². The van der Waals surface area contributed by atoms with Gasteiger partial charge in [-0.05, 0) is 57.0 Å². The summed E-state index contributed by atoms with van der Waals surface area (Å²) in [6, 6.07) is 3.40. The van der Waals surface area contributed by atoms with Crippen molar-refractivity contribution >= 4 is 10.2 Å². The Balaban J connectivity index is 1.93. The summed E-state index contributed by atoms with van der Waals surface area (Å²) in [6.07, 6.45) is 5.16. The Bertz CT molecular complexity index is 527. The van der Waals surface area contributed by atoms with Crippen LogP contribution >= 0.6 is 0 Å². The van der Waals surface area contributed by atoms with Gasteiger partial charge in [-0.1, -0.05) is 0 Å². The monoisotopic (exact) mass is 312 g/mol. The Morgan fingerprint density at radius 3 is 2.52 bits per heavy atom. The first-order valence-corrected chi connectivity index (χ1v) is 8.79. The van der Waals surface area contributed by atoms with Crippen LogP contribution in [0.2, 0.25) is 0 Å². The van der Waals surface area contributed by atoms with Crippen molar-refractivity contribution in [3.05, 3.63) is 30.1 Å². The molecule has 21 heavy (non-hydrogen) atoms. The quantitative estimate of drug-likeness (QED) is 0.819. The summed E-state index contributed by atoms with van der Waals surface area (Å²) in [5, 5.41) is 3.16. The van der Waals surface area contributed by atoms with Crippen LogP contribution in [0.25, 0.3) is 0 Å². The van der Waals surface area contributed by atoms with Gasteiger partial charge >= 0.3 is 0 Å². The SMILES string of the molecule is CNCC1CCN(S(=O)(=O)NC(C)c2ccncc2)CC1. The number of hydrogen-bond donors (Lipinski definition) is 2. The van der Waals surface area contributed by atoms with Crippen LogP contribution in [0.3, 0.4) is 0 Å². The number of piperidine rings is 1. The first kappa shape index (κ1) is 16.4. The Labute approximate surface area is 127 Å². The lowest BCUT2D eigenvalue weighted by atomic mass is 9.98. The fraction of sp³-hybridized carbons (Fsp3) is 0.643. The summed E-state index contributed by atoms with van der Waals surface area (Å²) in [5.74, 6) is 0.569. The molecule has 118 valence electrons. The Kier molecular flexibility index (Phi) is 5.69. The summed E-state index contributed by atoms with van der Waals surface area (Å²) in [6.45, 7) is 3.98. The zero-order valence-electron chi connectivity index (χ0n) is 12.6. The van der Waals surface area contributed by atoms with E-state index in [1.807, 2.05) is 26.1 Å². The molecule has 1 aliphatic heterocycles. The van der Waals surface area contributed by atoms with E-state index in [2.05, 4.69) is 15.0 Å². The van der Waals surface area contributed by atoms with E-state index in [-0.39, 0.29) is 6.04 Å². The largest absolute Gasteiger partial charge is 0.319 e. The number of nitrogens with one attached hydrogen (secondary N) is 2. The molecular formula is C14H24N4O2S. The molecule has 2 heterocycles. The van der Waals surface area contributed by atoms with Crippen LogP contribution in [0.4, 0.5) is 0 Å². The summed E-state index contributed by atoms with van der Waals surface area (Å²) in [5.41, 5.74) is 0.915. The van der Waals surface area contributed by atoms with Gasteiger partial charge in [-0.15, -0.1) is 0 Å². The Hall–Kier alpha value is -1.02. The van der Waals surface area contributed by atoms with Crippen LogP contribution < -0.4 is 10.0 Å². The third-order valence-electron chi connectivity index (χ3n) is 3.94. The molecule has 0 spiro atoms. The van der Waals surface area contributed by atoms with Gasteiger partial charge in [0.15, 0.2) is 0 Å². The predicted molar refractivity (Wildman–Crippen MR) is 82.9 cm³/mol. The maximum Gasteiger partial charge on any atom is 0.279 e. The van der Waals surface area contributed by atoms with Gasteiger partial charge in [-0.2, -0.15) is 17.4 Å².